The van der Waals surface area contributed by atoms with Gasteiger partial charge in [-0.15, -0.1) is 0 Å². The monoisotopic (exact) mass is 408 g/mol. The van der Waals surface area contributed by atoms with Crippen LogP contribution < -0.4 is 10.1 Å². The molecule has 4 rings (SSSR count). The average Bonchev–Trinajstić information content (AvgIpc) is 3.20. The van der Waals surface area contributed by atoms with Crippen molar-refractivity contribution in [3.63, 3.8) is 0 Å². The van der Waals surface area contributed by atoms with Crippen molar-refractivity contribution in [3.05, 3.63) is 58.9 Å². The number of nitrogens with zero attached hydrogens (tertiary/aromatic N) is 1. The van der Waals surface area contributed by atoms with Crippen LogP contribution in [0.2, 0.25) is 0 Å². The lowest BCUT2D eigenvalue weighted by Crippen LogP contribution is -2.45. The van der Waals surface area contributed by atoms with E-state index in [0.29, 0.717) is 24.9 Å². The van der Waals surface area contributed by atoms with Gasteiger partial charge in [-0.3, -0.25) is 4.79 Å². The number of alkyl halides is 3. The minimum absolute atomic E-state index is 0.0191. The molecule has 2 aliphatic heterocycles. The van der Waals surface area contributed by atoms with Crippen molar-refractivity contribution < 1.29 is 27.1 Å². The van der Waals surface area contributed by atoms with Crippen LogP contribution in [-0.4, -0.2) is 29.9 Å². The van der Waals surface area contributed by atoms with E-state index in [1.165, 1.54) is 0 Å². The Balaban J connectivity index is 1.49. The lowest BCUT2D eigenvalue weighted by molar-refractivity contribution is -0.140. The maximum Gasteiger partial charge on any atom is 0.419 e. The quantitative estimate of drug-likeness (QED) is 0.772. The molecule has 1 N–H and O–H groups in total. The second kappa shape index (κ2) is 7.67. The van der Waals surface area contributed by atoms with Gasteiger partial charge in [-0.2, -0.15) is 13.2 Å². The van der Waals surface area contributed by atoms with Crippen molar-refractivity contribution in [1.82, 2.24) is 10.2 Å². The van der Waals surface area contributed by atoms with E-state index < -0.39 is 17.6 Å². The van der Waals surface area contributed by atoms with Gasteiger partial charge in [-0.1, -0.05) is 6.07 Å². The van der Waals surface area contributed by atoms with Crippen molar-refractivity contribution >= 4 is 5.91 Å². The highest BCUT2D eigenvalue weighted by molar-refractivity contribution is 5.82. The molecule has 2 aromatic carbocycles. The predicted octanol–water partition coefficient (Wildman–Crippen LogP) is 4.27. The van der Waals surface area contributed by atoms with Crippen molar-refractivity contribution in [3.8, 4) is 11.5 Å². The number of hydrogen-bond acceptors (Lipinski definition) is 3. The van der Waals surface area contributed by atoms with Gasteiger partial charge in [-0.05, 0) is 61.2 Å². The minimum atomic E-state index is -4.75. The smallest absolute Gasteiger partial charge is 0.419 e. The van der Waals surface area contributed by atoms with Crippen molar-refractivity contribution in [2.24, 2.45) is 0 Å². The summed E-state index contributed by atoms with van der Waals surface area (Å²) in [5, 5.41) is 3.21. The second-order valence-electron chi connectivity index (χ2n) is 7.33. The summed E-state index contributed by atoms with van der Waals surface area (Å²) >= 11 is 0. The van der Waals surface area contributed by atoms with Gasteiger partial charge in [-0.25, -0.2) is 4.39 Å². The molecule has 8 heteroatoms. The Labute approximate surface area is 165 Å². The number of amides is 1. The number of rotatable bonds is 3. The highest BCUT2D eigenvalue weighted by Gasteiger charge is 2.34. The summed E-state index contributed by atoms with van der Waals surface area (Å²) in [5.41, 5.74) is 0.692. The Morgan fingerprint density at radius 3 is 2.55 bits per heavy atom. The summed E-state index contributed by atoms with van der Waals surface area (Å²) in [4.78, 5) is 14.4. The fourth-order valence-corrected chi connectivity index (χ4v) is 3.83. The van der Waals surface area contributed by atoms with E-state index in [4.69, 9.17) is 4.74 Å². The first-order valence-electron chi connectivity index (χ1n) is 9.50. The largest absolute Gasteiger partial charge is 0.457 e. The van der Waals surface area contributed by atoms with Crippen molar-refractivity contribution in [2.45, 2.75) is 38.0 Å². The molecule has 1 amide bonds. The van der Waals surface area contributed by atoms with E-state index >= 15 is 0 Å². The van der Waals surface area contributed by atoms with Gasteiger partial charge in [0.15, 0.2) is 0 Å². The molecule has 2 heterocycles. The number of hydrogen-bond donors (Lipinski definition) is 1. The number of carbonyl (C=O) groups is 1. The Kier molecular flexibility index (Phi) is 5.21. The highest BCUT2D eigenvalue weighted by atomic mass is 19.4. The number of carbonyl (C=O) groups excluding carboxylic acids is 1. The van der Waals surface area contributed by atoms with Crippen LogP contribution in [0.3, 0.4) is 0 Å². The van der Waals surface area contributed by atoms with Gasteiger partial charge in [0.2, 0.25) is 5.91 Å². The maximum absolute atomic E-state index is 13.8. The number of fused-ring (bicyclic) bond motifs is 1. The molecule has 1 saturated heterocycles. The molecule has 29 heavy (non-hydrogen) atoms. The first kappa shape index (κ1) is 19.7. The zero-order chi connectivity index (χ0) is 20.6. The van der Waals surface area contributed by atoms with Crippen LogP contribution in [0.4, 0.5) is 17.6 Å². The van der Waals surface area contributed by atoms with Crippen LogP contribution in [0.15, 0.2) is 36.4 Å². The lowest BCUT2D eigenvalue weighted by Gasteiger charge is -2.31. The molecular formula is C21H20F4N2O2. The van der Waals surface area contributed by atoms with E-state index in [1.54, 1.807) is 12.1 Å². The van der Waals surface area contributed by atoms with Gasteiger partial charge in [0, 0.05) is 19.2 Å². The molecule has 0 bridgehead atoms. The fraction of sp³-hybridized carbons (Fsp3) is 0.381. The summed E-state index contributed by atoms with van der Waals surface area (Å²) in [5.74, 6) is -0.927. The highest BCUT2D eigenvalue weighted by Crippen LogP contribution is 2.34. The van der Waals surface area contributed by atoms with E-state index in [2.05, 4.69) is 5.32 Å². The summed E-state index contributed by atoms with van der Waals surface area (Å²) < 4.78 is 57.4. The maximum atomic E-state index is 13.8. The average molecular weight is 408 g/mol. The molecule has 0 aromatic heterocycles. The third kappa shape index (κ3) is 4.22. The van der Waals surface area contributed by atoms with Crippen LogP contribution in [0, 0.1) is 5.82 Å². The van der Waals surface area contributed by atoms with Crippen LogP contribution in [0.5, 0.6) is 11.5 Å². The summed E-state index contributed by atoms with van der Waals surface area (Å²) in [7, 11) is 0. The van der Waals surface area contributed by atoms with Crippen molar-refractivity contribution in [2.75, 3.05) is 13.1 Å². The number of benzene rings is 2. The van der Waals surface area contributed by atoms with Gasteiger partial charge in [0.25, 0.3) is 0 Å². The van der Waals surface area contributed by atoms with Gasteiger partial charge < -0.3 is 15.0 Å². The molecule has 0 spiro atoms. The standard InChI is InChI=1S/C21H20F4N2O2/c22-18-11-16(5-6-17(18)21(23,24)25)29-15-4-3-13-7-9-27(12-14(13)10-15)20(28)19-2-1-8-26-19/h3-6,10-11,19,26H,1-2,7-9,12H2/t19-/m0/s1. The third-order valence-corrected chi connectivity index (χ3v) is 5.34. The minimum Gasteiger partial charge on any atom is -0.457 e. The molecular weight excluding hydrogens is 388 g/mol. The zero-order valence-corrected chi connectivity index (χ0v) is 15.6. The Hall–Kier alpha value is -2.61. The summed E-state index contributed by atoms with van der Waals surface area (Å²) in [6.07, 6.45) is -2.20. The Bertz CT molecular complexity index is 923. The number of ether oxygens (including phenoxy) is 1. The van der Waals surface area contributed by atoms with Crippen LogP contribution in [0.1, 0.15) is 29.5 Å². The van der Waals surface area contributed by atoms with E-state index in [0.717, 1.165) is 49.1 Å². The summed E-state index contributed by atoms with van der Waals surface area (Å²) in [6, 6.07) is 7.68. The lowest BCUT2D eigenvalue weighted by atomic mass is 9.98. The molecule has 2 aromatic rings. The summed E-state index contributed by atoms with van der Waals surface area (Å²) in [6.45, 7) is 1.95. The Morgan fingerprint density at radius 2 is 1.86 bits per heavy atom. The molecule has 0 radical (unpaired) electrons. The van der Waals surface area contributed by atoms with E-state index in [9.17, 15) is 22.4 Å². The molecule has 1 atom stereocenters. The predicted molar refractivity (Wildman–Crippen MR) is 98.1 cm³/mol. The Morgan fingerprint density at radius 1 is 1.10 bits per heavy atom. The number of halogens is 4. The van der Waals surface area contributed by atoms with Crippen molar-refractivity contribution in [1.29, 1.82) is 0 Å². The van der Waals surface area contributed by atoms with Crippen LogP contribution in [0.25, 0.3) is 0 Å². The number of nitrogens with one attached hydrogen (secondary N) is 1. The third-order valence-electron chi connectivity index (χ3n) is 5.34. The first-order valence-corrected chi connectivity index (χ1v) is 9.50. The van der Waals surface area contributed by atoms with E-state index in [-0.39, 0.29) is 17.7 Å². The zero-order valence-electron chi connectivity index (χ0n) is 15.6. The van der Waals surface area contributed by atoms with Crippen LogP contribution in [-0.2, 0) is 23.9 Å². The normalized spacial score (nSPS) is 19.2. The molecule has 154 valence electrons. The topological polar surface area (TPSA) is 41.6 Å². The fourth-order valence-electron chi connectivity index (χ4n) is 3.83. The second-order valence-corrected chi connectivity index (χ2v) is 7.33. The molecule has 1 fully saturated rings. The molecule has 0 unspecified atom stereocenters. The molecule has 0 saturated carbocycles. The van der Waals surface area contributed by atoms with Crippen LogP contribution >= 0.6 is 0 Å². The molecule has 0 aliphatic carbocycles. The van der Waals surface area contributed by atoms with E-state index in [1.807, 2.05) is 11.0 Å². The van der Waals surface area contributed by atoms with Gasteiger partial charge >= 0.3 is 6.18 Å². The van der Waals surface area contributed by atoms with Gasteiger partial charge in [0.05, 0.1) is 11.6 Å². The molecule has 4 nitrogen and oxygen atoms in total. The first-order chi connectivity index (χ1) is 13.8. The molecule has 2 aliphatic rings. The van der Waals surface area contributed by atoms with Gasteiger partial charge in [0.1, 0.15) is 17.3 Å². The SMILES string of the molecule is O=C([C@@H]1CCCN1)N1CCc2ccc(Oc3ccc(C(F)(F)F)c(F)c3)cc2C1.